The highest BCUT2D eigenvalue weighted by molar-refractivity contribution is 7.22. The summed E-state index contributed by atoms with van der Waals surface area (Å²) >= 11 is 1.42. The van der Waals surface area contributed by atoms with Gasteiger partial charge in [-0.3, -0.25) is 10.1 Å². The van der Waals surface area contributed by atoms with Gasteiger partial charge < -0.3 is 9.47 Å². The number of thiazole rings is 1. The van der Waals surface area contributed by atoms with E-state index in [-0.39, 0.29) is 5.91 Å². The molecule has 0 saturated heterocycles. The number of anilines is 1. The van der Waals surface area contributed by atoms with Crippen LogP contribution in [0.15, 0.2) is 42.5 Å². The molecule has 0 bridgehead atoms. The average Bonchev–Trinajstić information content (AvgIpc) is 3.02. The minimum Gasteiger partial charge on any atom is -0.494 e. The molecule has 0 aliphatic rings. The molecule has 0 fully saturated rings. The van der Waals surface area contributed by atoms with Gasteiger partial charge in [-0.2, -0.15) is 0 Å². The van der Waals surface area contributed by atoms with Crippen LogP contribution in [0.1, 0.15) is 30.6 Å². The second-order valence-electron chi connectivity index (χ2n) is 5.38. The first kappa shape index (κ1) is 17.2. The second-order valence-corrected chi connectivity index (χ2v) is 6.41. The van der Waals surface area contributed by atoms with Crippen LogP contribution in [0.3, 0.4) is 0 Å². The van der Waals surface area contributed by atoms with Crippen molar-refractivity contribution in [1.82, 2.24) is 4.98 Å². The Morgan fingerprint density at radius 2 is 2.00 bits per heavy atom. The lowest BCUT2D eigenvalue weighted by atomic mass is 10.2. The van der Waals surface area contributed by atoms with Crippen LogP contribution >= 0.6 is 11.3 Å². The monoisotopic (exact) mass is 356 g/mol. The number of rotatable bonds is 7. The van der Waals surface area contributed by atoms with Crippen LogP contribution in [0.4, 0.5) is 5.13 Å². The minimum atomic E-state index is -0.226. The number of carbonyl (C=O) groups excluding carboxylic acids is 1. The molecule has 130 valence electrons. The molecule has 0 unspecified atom stereocenters. The molecule has 0 spiro atoms. The fraction of sp³-hybridized carbons (Fsp3) is 0.263. The zero-order valence-electron chi connectivity index (χ0n) is 14.2. The molecule has 25 heavy (non-hydrogen) atoms. The van der Waals surface area contributed by atoms with Crippen molar-refractivity contribution in [3.63, 3.8) is 0 Å². The first-order valence-electron chi connectivity index (χ1n) is 8.27. The number of nitrogens with one attached hydrogen (secondary N) is 1. The predicted octanol–water partition coefficient (Wildman–Crippen LogP) is 4.74. The first-order valence-corrected chi connectivity index (χ1v) is 9.09. The normalized spacial score (nSPS) is 10.6. The Labute approximate surface area is 150 Å². The Morgan fingerprint density at radius 1 is 1.16 bits per heavy atom. The Kier molecular flexibility index (Phi) is 5.50. The molecular weight excluding hydrogens is 336 g/mol. The first-order chi connectivity index (χ1) is 12.2. The molecule has 1 aromatic heterocycles. The third kappa shape index (κ3) is 4.09. The standard InChI is InChI=1S/C19H20N2O3S/c1-3-11-24-16-8-6-5-7-14(16)18(22)21-19-20-15-10-9-13(23-4-2)12-17(15)25-19/h5-10,12H,3-4,11H2,1-2H3,(H,20,21,22). The van der Waals surface area contributed by atoms with Gasteiger partial charge in [-0.1, -0.05) is 30.4 Å². The summed E-state index contributed by atoms with van der Waals surface area (Å²) in [6.45, 7) is 5.16. The van der Waals surface area contributed by atoms with Gasteiger partial charge in [0.15, 0.2) is 5.13 Å². The summed E-state index contributed by atoms with van der Waals surface area (Å²) in [5, 5.41) is 3.42. The molecule has 6 heteroatoms. The van der Waals surface area contributed by atoms with Crippen LogP contribution in [-0.2, 0) is 0 Å². The van der Waals surface area contributed by atoms with Crippen LogP contribution in [0.25, 0.3) is 10.2 Å². The van der Waals surface area contributed by atoms with E-state index in [2.05, 4.69) is 10.3 Å². The minimum absolute atomic E-state index is 0.226. The van der Waals surface area contributed by atoms with Gasteiger partial charge in [-0.15, -0.1) is 0 Å². The van der Waals surface area contributed by atoms with Gasteiger partial charge in [0, 0.05) is 0 Å². The Balaban J connectivity index is 1.80. The maximum Gasteiger partial charge on any atom is 0.261 e. The number of carbonyl (C=O) groups is 1. The van der Waals surface area contributed by atoms with E-state index < -0.39 is 0 Å². The summed E-state index contributed by atoms with van der Waals surface area (Å²) in [6.07, 6.45) is 0.885. The van der Waals surface area contributed by atoms with Crippen molar-refractivity contribution in [2.24, 2.45) is 0 Å². The summed E-state index contributed by atoms with van der Waals surface area (Å²) in [5.74, 6) is 1.16. The van der Waals surface area contributed by atoms with Crippen molar-refractivity contribution in [2.45, 2.75) is 20.3 Å². The van der Waals surface area contributed by atoms with Crippen LogP contribution in [-0.4, -0.2) is 24.1 Å². The molecule has 1 N–H and O–H groups in total. The molecule has 0 radical (unpaired) electrons. The fourth-order valence-corrected chi connectivity index (χ4v) is 3.26. The van der Waals surface area contributed by atoms with Crippen molar-refractivity contribution in [2.75, 3.05) is 18.5 Å². The third-order valence-electron chi connectivity index (χ3n) is 3.48. The SMILES string of the molecule is CCCOc1ccccc1C(=O)Nc1nc2ccc(OCC)cc2s1. The number of fused-ring (bicyclic) bond motifs is 1. The molecule has 0 atom stereocenters. The van der Waals surface area contributed by atoms with E-state index in [4.69, 9.17) is 9.47 Å². The number of nitrogens with zero attached hydrogens (tertiary/aromatic N) is 1. The topological polar surface area (TPSA) is 60.5 Å². The third-order valence-corrected chi connectivity index (χ3v) is 4.42. The van der Waals surface area contributed by atoms with E-state index in [9.17, 15) is 4.79 Å². The van der Waals surface area contributed by atoms with Gasteiger partial charge in [0.1, 0.15) is 11.5 Å². The number of ether oxygens (including phenoxy) is 2. The van der Waals surface area contributed by atoms with Gasteiger partial charge in [-0.05, 0) is 43.7 Å². The van der Waals surface area contributed by atoms with Crippen molar-refractivity contribution in [3.05, 3.63) is 48.0 Å². The lowest BCUT2D eigenvalue weighted by Gasteiger charge is -2.09. The van der Waals surface area contributed by atoms with E-state index >= 15 is 0 Å². The highest BCUT2D eigenvalue weighted by Crippen LogP contribution is 2.30. The number of hydrogen-bond donors (Lipinski definition) is 1. The summed E-state index contributed by atoms with van der Waals surface area (Å²) in [6, 6.07) is 12.9. The molecular formula is C19H20N2O3S. The number of hydrogen-bond acceptors (Lipinski definition) is 5. The molecule has 0 aliphatic heterocycles. The molecule has 3 rings (SSSR count). The van der Waals surface area contributed by atoms with Gasteiger partial charge in [0.25, 0.3) is 5.91 Å². The highest BCUT2D eigenvalue weighted by Gasteiger charge is 2.14. The Bertz CT molecular complexity index is 876. The van der Waals surface area contributed by atoms with Crippen molar-refractivity contribution in [1.29, 1.82) is 0 Å². The Morgan fingerprint density at radius 3 is 2.80 bits per heavy atom. The van der Waals surface area contributed by atoms with Crippen molar-refractivity contribution < 1.29 is 14.3 Å². The largest absolute Gasteiger partial charge is 0.494 e. The summed E-state index contributed by atoms with van der Waals surface area (Å²) in [7, 11) is 0. The van der Waals surface area contributed by atoms with E-state index in [1.54, 1.807) is 12.1 Å². The maximum absolute atomic E-state index is 12.6. The summed E-state index contributed by atoms with van der Waals surface area (Å²) in [4.78, 5) is 17.1. The second kappa shape index (κ2) is 7.98. The molecule has 0 aliphatic carbocycles. The van der Waals surface area contributed by atoms with Crippen LogP contribution in [0.2, 0.25) is 0 Å². The number of para-hydroxylation sites is 1. The lowest BCUT2D eigenvalue weighted by Crippen LogP contribution is -2.13. The maximum atomic E-state index is 12.6. The highest BCUT2D eigenvalue weighted by atomic mass is 32.1. The average molecular weight is 356 g/mol. The van der Waals surface area contributed by atoms with Gasteiger partial charge in [-0.25, -0.2) is 4.98 Å². The number of benzene rings is 2. The van der Waals surface area contributed by atoms with Gasteiger partial charge in [0.2, 0.25) is 0 Å². The molecule has 0 saturated carbocycles. The van der Waals surface area contributed by atoms with E-state index in [1.807, 2.05) is 44.2 Å². The zero-order valence-corrected chi connectivity index (χ0v) is 15.1. The summed E-state index contributed by atoms with van der Waals surface area (Å²) in [5.41, 5.74) is 1.34. The van der Waals surface area contributed by atoms with E-state index in [1.165, 1.54) is 11.3 Å². The van der Waals surface area contributed by atoms with Gasteiger partial charge >= 0.3 is 0 Å². The van der Waals surface area contributed by atoms with Crippen molar-refractivity contribution in [3.8, 4) is 11.5 Å². The number of aromatic nitrogens is 1. The lowest BCUT2D eigenvalue weighted by molar-refractivity contribution is 0.102. The van der Waals surface area contributed by atoms with Crippen molar-refractivity contribution >= 4 is 32.6 Å². The fourth-order valence-electron chi connectivity index (χ4n) is 2.37. The molecule has 1 amide bonds. The predicted molar refractivity (Wildman–Crippen MR) is 101 cm³/mol. The van der Waals surface area contributed by atoms with E-state index in [0.717, 1.165) is 22.4 Å². The molecule has 5 nitrogen and oxygen atoms in total. The summed E-state index contributed by atoms with van der Waals surface area (Å²) < 4.78 is 12.1. The van der Waals surface area contributed by atoms with Gasteiger partial charge in [0.05, 0.1) is 29.0 Å². The smallest absolute Gasteiger partial charge is 0.261 e. The molecule has 3 aromatic rings. The van der Waals surface area contributed by atoms with E-state index in [0.29, 0.717) is 29.7 Å². The number of amides is 1. The van der Waals surface area contributed by atoms with Crippen LogP contribution in [0, 0.1) is 0 Å². The molecule has 2 aromatic carbocycles. The van der Waals surface area contributed by atoms with Crippen LogP contribution in [0.5, 0.6) is 11.5 Å². The zero-order chi connectivity index (χ0) is 17.6. The molecule has 1 heterocycles. The Hall–Kier alpha value is -2.60. The quantitative estimate of drug-likeness (QED) is 0.664. The van der Waals surface area contributed by atoms with Crippen LogP contribution < -0.4 is 14.8 Å².